The summed E-state index contributed by atoms with van der Waals surface area (Å²) in [5, 5.41) is 5.20. The summed E-state index contributed by atoms with van der Waals surface area (Å²) in [4.78, 5) is 38.4. The summed E-state index contributed by atoms with van der Waals surface area (Å²) >= 11 is 0. The molecule has 2 aliphatic rings. The lowest BCUT2D eigenvalue weighted by Crippen LogP contribution is -2.15. The van der Waals surface area contributed by atoms with Crippen molar-refractivity contribution in [3.63, 3.8) is 0 Å². The molecule has 4 aromatic heterocycles. The van der Waals surface area contributed by atoms with Crippen LogP contribution in [0.5, 0.6) is 0 Å². The molecule has 0 saturated carbocycles. The maximum Gasteiger partial charge on any atom is 0.165 e. The van der Waals surface area contributed by atoms with Crippen LogP contribution in [0.4, 0.5) is 0 Å². The molecule has 0 N–H and O–H groups in total. The molecular weight excluding hydrogens is 1190 g/mol. The normalized spacial score (nSPS) is 12.9. The minimum atomic E-state index is -0.128. The molecule has 4 heterocycles. The van der Waals surface area contributed by atoms with Gasteiger partial charge in [-0.25, -0.2) is 29.9 Å². The zero-order valence-corrected chi connectivity index (χ0v) is 54.6. The largest absolute Gasteiger partial charge is 0.265 e. The lowest BCUT2D eigenvalue weighted by atomic mass is 9.79. The Bertz CT molecular complexity index is 5720. The monoisotopic (exact) mass is 1260 g/mol. The molecule has 0 amide bonds. The van der Waals surface area contributed by atoms with Gasteiger partial charge in [0.15, 0.2) is 34.9 Å². The zero-order chi connectivity index (χ0) is 65.9. The fourth-order valence-corrected chi connectivity index (χ4v) is 14.5. The summed E-state index contributed by atoms with van der Waals surface area (Å²) in [5.74, 6) is 3.72. The van der Waals surface area contributed by atoms with Gasteiger partial charge < -0.3 is 0 Å². The number of benzene rings is 12. The highest BCUT2D eigenvalue weighted by molar-refractivity contribution is 6.03. The van der Waals surface area contributed by atoms with Gasteiger partial charge in [-0.1, -0.05) is 270 Å². The van der Waals surface area contributed by atoms with Crippen molar-refractivity contribution in [1.29, 1.82) is 0 Å². The third-order valence-corrected chi connectivity index (χ3v) is 19.6. The van der Waals surface area contributed by atoms with Crippen LogP contribution in [0.2, 0.25) is 0 Å². The number of rotatable bonds is 10. The quantitative estimate of drug-likeness (QED) is 0.133. The number of pyridine rings is 2. The summed E-state index contributed by atoms with van der Waals surface area (Å²) < 4.78 is 0. The molecule has 464 valence electrons. The Morgan fingerprint density at radius 1 is 0.224 bits per heavy atom. The van der Waals surface area contributed by atoms with Gasteiger partial charge in [0, 0.05) is 69.0 Å². The predicted octanol–water partition coefficient (Wildman–Crippen LogP) is 22.1. The average molecular weight is 1260 g/mol. The van der Waals surface area contributed by atoms with Gasteiger partial charge >= 0.3 is 0 Å². The van der Waals surface area contributed by atoms with E-state index in [1.807, 2.05) is 36.4 Å². The zero-order valence-electron chi connectivity index (χ0n) is 54.6. The molecule has 8 nitrogen and oxygen atoms in total. The summed E-state index contributed by atoms with van der Waals surface area (Å²) in [6.07, 6.45) is 7.09. The van der Waals surface area contributed by atoms with E-state index in [1.165, 1.54) is 88.3 Å². The summed E-state index contributed by atoms with van der Waals surface area (Å²) in [7, 11) is 0. The Hall–Kier alpha value is -12.5. The Morgan fingerprint density at radius 3 is 1.16 bits per heavy atom. The SMILES string of the molecule is CC1(C)c2cc(-c3cccc(-c4nc(-c5ccc(-c6ccccc6)cc5)nc(-c5cccnc5)n4)c3)ccc2-c2ccc3ccccc3c21.CC1(C)c2cc(-c3cccc(-c4nc(-c5ccncc5)nc(-c5ccc(-c6ccccc6)cc5)n4)c3)ccc2-c2c1ccc1ccccc21. The van der Waals surface area contributed by atoms with Gasteiger partial charge in [0.1, 0.15) is 0 Å². The second kappa shape index (κ2) is 24.4. The summed E-state index contributed by atoms with van der Waals surface area (Å²) in [6.45, 7) is 9.38. The van der Waals surface area contributed by atoms with Crippen molar-refractivity contribution in [2.45, 2.75) is 38.5 Å². The van der Waals surface area contributed by atoms with Gasteiger partial charge in [0.05, 0.1) is 0 Å². The number of fused-ring (bicyclic) bond motifs is 10. The molecule has 2 aliphatic carbocycles. The van der Waals surface area contributed by atoms with Crippen LogP contribution >= 0.6 is 0 Å². The second-order valence-electron chi connectivity index (χ2n) is 26.3. The Kier molecular flexibility index (Phi) is 14.7. The van der Waals surface area contributed by atoms with Gasteiger partial charge in [0.2, 0.25) is 0 Å². The average Bonchev–Trinajstić information content (AvgIpc) is 1.57. The van der Waals surface area contributed by atoms with Crippen molar-refractivity contribution in [1.82, 2.24) is 39.9 Å². The predicted molar refractivity (Wildman–Crippen MR) is 400 cm³/mol. The van der Waals surface area contributed by atoms with E-state index in [4.69, 9.17) is 29.9 Å². The van der Waals surface area contributed by atoms with E-state index in [0.29, 0.717) is 34.9 Å². The van der Waals surface area contributed by atoms with E-state index >= 15 is 0 Å². The maximum atomic E-state index is 5.04. The molecular formula is C90H64N8. The van der Waals surface area contributed by atoms with E-state index in [-0.39, 0.29) is 10.8 Å². The van der Waals surface area contributed by atoms with Crippen LogP contribution in [0, 0.1) is 0 Å². The standard InChI is InChI=1S/2C45H32N4/c1-45(2)40-27-34(22-23-38(40)39-24-21-31-12-6-7-16-37(31)41(39)45)33-13-8-14-35(26-33)43-47-42(48-44(49-43)36-15-9-25-46-28-36)32-19-17-30(18-20-32)29-10-4-3-5-11-29;1-45(2)39-22-20-31-11-6-7-14-37(31)41(39)38-21-19-35(28-40(38)45)34-12-8-13-36(27-34)44-48-42(47-43(49-44)33-23-25-46-26-24-33)32-17-15-30(16-18-32)29-9-4-3-5-10-29/h2*3-28H,1-2H3. The van der Waals surface area contributed by atoms with Crippen molar-refractivity contribution in [3.05, 3.63) is 338 Å². The molecule has 0 atom stereocenters. The van der Waals surface area contributed by atoms with Gasteiger partial charge in [-0.05, 0) is 159 Å². The van der Waals surface area contributed by atoms with Crippen LogP contribution in [0.25, 0.3) is 157 Å². The molecule has 8 heteroatoms. The molecule has 0 fully saturated rings. The highest BCUT2D eigenvalue weighted by Gasteiger charge is 2.38. The van der Waals surface area contributed by atoms with E-state index < -0.39 is 0 Å². The van der Waals surface area contributed by atoms with Gasteiger partial charge in [-0.15, -0.1) is 0 Å². The lowest BCUT2D eigenvalue weighted by molar-refractivity contribution is 0.661. The molecule has 0 bridgehead atoms. The van der Waals surface area contributed by atoms with Crippen LogP contribution < -0.4 is 0 Å². The second-order valence-corrected chi connectivity index (χ2v) is 26.3. The number of nitrogens with zero attached hydrogens (tertiary/aromatic N) is 8. The van der Waals surface area contributed by atoms with E-state index in [2.05, 4.69) is 292 Å². The Balaban J connectivity index is 0.000000147. The number of hydrogen-bond donors (Lipinski definition) is 0. The molecule has 0 aliphatic heterocycles. The molecule has 12 aromatic carbocycles. The molecule has 0 saturated heterocycles. The molecule has 18 rings (SSSR count). The third-order valence-electron chi connectivity index (χ3n) is 19.6. The fraction of sp³-hybridized carbons (Fsp3) is 0.0667. The lowest BCUT2D eigenvalue weighted by Gasteiger charge is -2.23. The van der Waals surface area contributed by atoms with Crippen molar-refractivity contribution in [2.75, 3.05) is 0 Å². The minimum Gasteiger partial charge on any atom is -0.265 e. The molecule has 0 radical (unpaired) electrons. The first kappa shape index (κ1) is 59.2. The van der Waals surface area contributed by atoms with Crippen molar-refractivity contribution in [2.24, 2.45) is 0 Å². The summed E-state index contributed by atoms with van der Waals surface area (Å²) in [5.41, 5.74) is 25.3. The van der Waals surface area contributed by atoms with Crippen LogP contribution in [0.15, 0.2) is 316 Å². The van der Waals surface area contributed by atoms with Crippen molar-refractivity contribution >= 4 is 21.5 Å². The van der Waals surface area contributed by atoms with Crippen LogP contribution in [0.1, 0.15) is 49.9 Å². The third kappa shape index (κ3) is 10.8. The molecule has 16 aromatic rings. The van der Waals surface area contributed by atoms with Crippen molar-refractivity contribution < 1.29 is 0 Å². The smallest absolute Gasteiger partial charge is 0.165 e. The topological polar surface area (TPSA) is 103 Å². The first-order valence-electron chi connectivity index (χ1n) is 33.3. The Morgan fingerprint density at radius 2 is 0.612 bits per heavy atom. The van der Waals surface area contributed by atoms with Crippen LogP contribution in [-0.2, 0) is 10.8 Å². The van der Waals surface area contributed by atoms with Crippen LogP contribution in [-0.4, -0.2) is 39.9 Å². The fourth-order valence-electron chi connectivity index (χ4n) is 14.5. The maximum absolute atomic E-state index is 5.04. The Labute approximate surface area is 569 Å². The summed E-state index contributed by atoms with van der Waals surface area (Å²) in [6, 6.07) is 103. The first-order valence-corrected chi connectivity index (χ1v) is 33.3. The van der Waals surface area contributed by atoms with E-state index in [1.54, 1.807) is 24.8 Å². The van der Waals surface area contributed by atoms with E-state index in [9.17, 15) is 0 Å². The van der Waals surface area contributed by atoms with Crippen molar-refractivity contribution in [3.8, 4) is 135 Å². The first-order chi connectivity index (χ1) is 48.1. The highest BCUT2D eigenvalue weighted by atomic mass is 15.0. The van der Waals surface area contributed by atoms with Gasteiger partial charge in [-0.3, -0.25) is 9.97 Å². The highest BCUT2D eigenvalue weighted by Crippen LogP contribution is 2.54. The number of aromatic nitrogens is 8. The molecule has 0 spiro atoms. The molecule has 98 heavy (non-hydrogen) atoms. The van der Waals surface area contributed by atoms with Crippen LogP contribution in [0.3, 0.4) is 0 Å². The molecule has 0 unspecified atom stereocenters. The number of hydrogen-bond acceptors (Lipinski definition) is 8. The van der Waals surface area contributed by atoms with Gasteiger partial charge in [0.25, 0.3) is 0 Å². The minimum absolute atomic E-state index is 0.110. The van der Waals surface area contributed by atoms with E-state index in [0.717, 1.165) is 55.6 Å². The van der Waals surface area contributed by atoms with Gasteiger partial charge in [-0.2, -0.15) is 0 Å².